The lowest BCUT2D eigenvalue weighted by molar-refractivity contribution is -0.146. The number of carbonyl (C=O) groups excluding carboxylic acids is 4. The number of carbonyl (C=O) groups is 4. The number of hydrogen-bond acceptors (Lipinski definition) is 6. The molecule has 0 spiro atoms. The molecule has 0 saturated carbocycles. The van der Waals surface area contributed by atoms with Gasteiger partial charge in [0.15, 0.2) is 0 Å². The van der Waals surface area contributed by atoms with Gasteiger partial charge in [0.25, 0.3) is 5.91 Å². The van der Waals surface area contributed by atoms with Crippen LogP contribution in [0.25, 0.3) is 10.8 Å². The van der Waals surface area contributed by atoms with Crippen LogP contribution in [-0.4, -0.2) is 54.1 Å². The van der Waals surface area contributed by atoms with Crippen molar-refractivity contribution < 1.29 is 29.0 Å². The van der Waals surface area contributed by atoms with Gasteiger partial charge in [-0.2, -0.15) is 0 Å². The number of allylic oxidation sites excluding steroid dienone is 2. The van der Waals surface area contributed by atoms with Crippen LogP contribution in [0, 0.1) is 5.92 Å². The fraction of sp³-hybridized carbons (Fsp3) is 0.379. The van der Waals surface area contributed by atoms with Crippen LogP contribution < -0.4 is 16.0 Å². The molecule has 2 rings (SSSR count). The van der Waals surface area contributed by atoms with E-state index in [-0.39, 0.29) is 32.5 Å². The molecule has 2 aromatic carbocycles. The van der Waals surface area contributed by atoms with Gasteiger partial charge < -0.3 is 25.8 Å². The van der Waals surface area contributed by atoms with Crippen molar-refractivity contribution in [3.8, 4) is 0 Å². The first-order valence-electron chi connectivity index (χ1n) is 12.6. The Morgan fingerprint density at radius 3 is 2.42 bits per heavy atom. The fourth-order valence-corrected chi connectivity index (χ4v) is 3.70. The molecule has 9 heteroatoms. The number of esters is 1. The Kier molecular flexibility index (Phi) is 12.7. The van der Waals surface area contributed by atoms with Crippen molar-refractivity contribution in [3.05, 3.63) is 67.8 Å². The van der Waals surface area contributed by atoms with Crippen molar-refractivity contribution in [2.75, 3.05) is 18.5 Å². The Hall–Kier alpha value is -3.98. The quantitative estimate of drug-likeness (QED) is 0.152. The molecule has 4 N–H and O–H groups in total. The molecule has 3 amide bonds. The van der Waals surface area contributed by atoms with E-state index in [1.807, 2.05) is 30.3 Å². The summed E-state index contributed by atoms with van der Waals surface area (Å²) >= 11 is 0. The van der Waals surface area contributed by atoms with Crippen molar-refractivity contribution >= 4 is 40.2 Å². The van der Waals surface area contributed by atoms with Crippen molar-refractivity contribution in [2.24, 2.45) is 5.92 Å². The van der Waals surface area contributed by atoms with E-state index in [1.165, 1.54) is 6.08 Å². The first-order chi connectivity index (χ1) is 18.3. The molecule has 0 saturated heterocycles. The molecule has 0 aliphatic heterocycles. The predicted octanol–water partition coefficient (Wildman–Crippen LogP) is 3.24. The lowest BCUT2D eigenvalue weighted by Gasteiger charge is -2.22. The van der Waals surface area contributed by atoms with Gasteiger partial charge in [-0.25, -0.2) is 0 Å². The minimum atomic E-state index is -1.19. The second-order valence-corrected chi connectivity index (χ2v) is 9.05. The van der Waals surface area contributed by atoms with Crippen molar-refractivity contribution in [2.45, 2.75) is 51.1 Å². The van der Waals surface area contributed by atoms with Crippen LogP contribution in [-0.2, 0) is 23.9 Å². The minimum Gasteiger partial charge on any atom is -0.463 e. The first-order valence-corrected chi connectivity index (χ1v) is 12.6. The number of aliphatic hydroxyl groups is 1. The maximum atomic E-state index is 13.2. The standard InChI is InChI=1S/C29H37N3O6/c1-4-6-7-13-27(35)38-19-25(29(37)31-24-15-14-21-11-8-9-12-22(21)16-24)32-28(36)23(10-5-2)17-26(34)30-20(3)18-33/h4-5,8-9,11-12,14-16,20,23,25,33H,1-2,6-7,10,13,17-19H2,3H3,(H,30,34)(H,31,37)(H,32,36)/t20-,23-,25-/m0/s1. The number of aliphatic hydroxyl groups excluding tert-OH is 1. The highest BCUT2D eigenvalue weighted by Gasteiger charge is 2.28. The molecule has 0 aliphatic rings. The summed E-state index contributed by atoms with van der Waals surface area (Å²) in [5.74, 6) is -2.84. The smallest absolute Gasteiger partial charge is 0.305 e. The average Bonchev–Trinajstić information content (AvgIpc) is 2.90. The molecular formula is C29H37N3O6. The number of nitrogens with one attached hydrogen (secondary N) is 3. The van der Waals surface area contributed by atoms with Crippen LogP contribution in [0.2, 0.25) is 0 Å². The van der Waals surface area contributed by atoms with Gasteiger partial charge in [-0.05, 0) is 49.1 Å². The van der Waals surface area contributed by atoms with E-state index >= 15 is 0 Å². The van der Waals surface area contributed by atoms with Crippen LogP contribution in [0.3, 0.4) is 0 Å². The molecule has 0 fully saturated rings. The normalized spacial score (nSPS) is 13.0. The summed E-state index contributed by atoms with van der Waals surface area (Å²) in [6.07, 6.45) is 4.60. The number of amides is 3. The molecule has 0 aromatic heterocycles. The maximum Gasteiger partial charge on any atom is 0.305 e. The van der Waals surface area contributed by atoms with E-state index < -0.39 is 41.7 Å². The molecule has 3 atom stereocenters. The van der Waals surface area contributed by atoms with Gasteiger partial charge in [0.1, 0.15) is 12.6 Å². The van der Waals surface area contributed by atoms with E-state index in [0.717, 1.165) is 10.8 Å². The summed E-state index contributed by atoms with van der Waals surface area (Å²) in [7, 11) is 0. The fourth-order valence-electron chi connectivity index (χ4n) is 3.70. The summed E-state index contributed by atoms with van der Waals surface area (Å²) in [5, 5.41) is 19.1. The number of benzene rings is 2. The molecule has 0 aliphatic carbocycles. The minimum absolute atomic E-state index is 0.154. The average molecular weight is 524 g/mol. The molecular weight excluding hydrogens is 486 g/mol. The van der Waals surface area contributed by atoms with Crippen LogP contribution >= 0.6 is 0 Å². The largest absolute Gasteiger partial charge is 0.463 e. The summed E-state index contributed by atoms with van der Waals surface area (Å²) in [4.78, 5) is 50.8. The number of anilines is 1. The SMILES string of the molecule is C=CCCCC(=O)OC[C@H](NC(=O)[C@@H](CC=C)CC(=O)N[C@@H](C)CO)C(=O)Nc1ccc2ccccc2c1. The van der Waals surface area contributed by atoms with Crippen LogP contribution in [0.4, 0.5) is 5.69 Å². The third-order valence-electron chi connectivity index (χ3n) is 5.79. The second-order valence-electron chi connectivity index (χ2n) is 9.05. The molecule has 9 nitrogen and oxygen atoms in total. The molecule has 0 bridgehead atoms. The summed E-state index contributed by atoms with van der Waals surface area (Å²) in [6.45, 7) is 8.30. The van der Waals surface area contributed by atoms with Gasteiger partial charge in [0, 0.05) is 24.6 Å². The van der Waals surface area contributed by atoms with E-state index in [4.69, 9.17) is 9.84 Å². The molecule has 0 unspecified atom stereocenters. The van der Waals surface area contributed by atoms with Gasteiger partial charge in [-0.1, -0.05) is 42.5 Å². The zero-order chi connectivity index (χ0) is 27.9. The summed E-state index contributed by atoms with van der Waals surface area (Å²) < 4.78 is 5.29. The Morgan fingerprint density at radius 1 is 1.00 bits per heavy atom. The monoisotopic (exact) mass is 523 g/mol. The van der Waals surface area contributed by atoms with E-state index in [2.05, 4.69) is 29.1 Å². The van der Waals surface area contributed by atoms with Crippen LogP contribution in [0.15, 0.2) is 67.8 Å². The van der Waals surface area contributed by atoms with Gasteiger partial charge >= 0.3 is 5.97 Å². The predicted molar refractivity (Wildman–Crippen MR) is 147 cm³/mol. The van der Waals surface area contributed by atoms with E-state index in [9.17, 15) is 19.2 Å². The van der Waals surface area contributed by atoms with Crippen molar-refractivity contribution in [3.63, 3.8) is 0 Å². The van der Waals surface area contributed by atoms with Crippen LogP contribution in [0.5, 0.6) is 0 Å². The topological polar surface area (TPSA) is 134 Å². The Balaban J connectivity index is 2.15. The number of unbranched alkanes of at least 4 members (excludes halogenated alkanes) is 1. The van der Waals surface area contributed by atoms with E-state index in [0.29, 0.717) is 18.5 Å². The third kappa shape index (κ3) is 10.2. The zero-order valence-corrected chi connectivity index (χ0v) is 21.8. The van der Waals surface area contributed by atoms with Gasteiger partial charge in [0.05, 0.1) is 12.5 Å². The molecule has 0 radical (unpaired) electrons. The number of ether oxygens (including phenoxy) is 1. The van der Waals surface area contributed by atoms with Gasteiger partial charge in [-0.3, -0.25) is 19.2 Å². The van der Waals surface area contributed by atoms with Crippen molar-refractivity contribution in [1.82, 2.24) is 10.6 Å². The van der Waals surface area contributed by atoms with Crippen LogP contribution in [0.1, 0.15) is 39.0 Å². The Labute approximate surface area is 223 Å². The lowest BCUT2D eigenvalue weighted by atomic mass is 9.99. The van der Waals surface area contributed by atoms with Gasteiger partial charge in [0.2, 0.25) is 11.8 Å². The lowest BCUT2D eigenvalue weighted by Crippen LogP contribution is -2.49. The zero-order valence-electron chi connectivity index (χ0n) is 21.8. The molecule has 0 heterocycles. The molecule has 2 aromatic rings. The highest BCUT2D eigenvalue weighted by Crippen LogP contribution is 2.19. The molecule has 38 heavy (non-hydrogen) atoms. The number of hydrogen-bond donors (Lipinski definition) is 4. The van der Waals surface area contributed by atoms with Crippen molar-refractivity contribution in [1.29, 1.82) is 0 Å². The second kappa shape index (κ2) is 16.0. The summed E-state index contributed by atoms with van der Waals surface area (Å²) in [5.41, 5.74) is 0.519. The third-order valence-corrected chi connectivity index (χ3v) is 5.79. The molecule has 204 valence electrons. The maximum absolute atomic E-state index is 13.2. The highest BCUT2D eigenvalue weighted by molar-refractivity contribution is 5.99. The van der Waals surface area contributed by atoms with E-state index in [1.54, 1.807) is 25.1 Å². The van der Waals surface area contributed by atoms with Gasteiger partial charge in [-0.15, -0.1) is 13.2 Å². The Morgan fingerprint density at radius 2 is 1.74 bits per heavy atom. The number of fused-ring (bicyclic) bond motifs is 1. The number of rotatable bonds is 16. The Bertz CT molecular complexity index is 1130. The summed E-state index contributed by atoms with van der Waals surface area (Å²) in [6, 6.07) is 11.4. The highest BCUT2D eigenvalue weighted by atomic mass is 16.5. The first kappa shape index (κ1) is 30.2.